The van der Waals surface area contributed by atoms with Gasteiger partial charge in [0, 0.05) is 41.5 Å². The molecular weight excluding hydrogens is 1020 g/mol. The first kappa shape index (κ1) is 57.3. The molecule has 3 aromatic carbocycles. The third kappa shape index (κ3) is 12.1. The van der Waals surface area contributed by atoms with Crippen LogP contribution in [-0.2, 0) is 19.1 Å². The molecule has 2 heterocycles. The number of ether oxygens (including phenoxy) is 3. The Balaban J connectivity index is 0.989. The molecule has 2 unspecified atom stereocenters. The topological polar surface area (TPSA) is 192 Å². The molecule has 1 aliphatic carbocycles. The van der Waals surface area contributed by atoms with Gasteiger partial charge in [-0.3, -0.25) is 19.2 Å². The predicted octanol–water partition coefficient (Wildman–Crippen LogP) is 8.93. The third-order valence-corrected chi connectivity index (χ3v) is 14.8. The van der Waals surface area contributed by atoms with Gasteiger partial charge in [-0.15, -0.1) is 11.3 Å². The summed E-state index contributed by atoms with van der Waals surface area (Å²) in [5.74, 6) is -20.3. The van der Waals surface area contributed by atoms with Crippen LogP contribution in [0.1, 0.15) is 95.0 Å². The average Bonchev–Trinajstić information content (AvgIpc) is 3.95. The minimum atomic E-state index is -6.06. The molecule has 4 aromatic rings. The lowest BCUT2D eigenvalue weighted by atomic mass is 9.49. The van der Waals surface area contributed by atoms with Gasteiger partial charge in [0.1, 0.15) is 49.0 Å². The number of amides is 4. The summed E-state index contributed by atoms with van der Waals surface area (Å²) < 4.78 is 105. The quantitative estimate of drug-likeness (QED) is 0.0660. The minimum absolute atomic E-state index is 0.0448. The van der Waals surface area contributed by atoms with Crippen molar-refractivity contribution in [3.8, 4) is 28.0 Å². The number of hydrogen-bond acceptors (Lipinski definition) is 11. The molecule has 6 rings (SSSR count). The van der Waals surface area contributed by atoms with Gasteiger partial charge >= 0.3 is 17.8 Å². The SMILES string of the molecule is Cc1ncsc1-c1ccc([C@H](C)NC(=O)C2C[C@@H](O)CN2C(=O)C(NC(=O)COCC(F)(F)C(F)(F)C(F)(F)COc2ccc(C(=O)N[C@H]3C(C)(C)[C@H](Oc4ccc(C#N)c(Cl)c4)C3(C)C)cc2)C(C)(C)C)cc1. The Labute approximate surface area is 434 Å². The summed E-state index contributed by atoms with van der Waals surface area (Å²) in [6, 6.07) is 14.9. The van der Waals surface area contributed by atoms with Gasteiger partial charge in [-0.1, -0.05) is 84.3 Å². The van der Waals surface area contributed by atoms with E-state index in [4.69, 9.17) is 21.1 Å². The maximum Gasteiger partial charge on any atom is 0.377 e. The number of nitrogens with one attached hydrogen (secondary N) is 3. The molecule has 400 valence electrons. The summed E-state index contributed by atoms with van der Waals surface area (Å²) in [6.07, 6.45) is -1.67. The van der Waals surface area contributed by atoms with E-state index in [2.05, 4.69) is 25.7 Å². The number of carbonyl (C=O) groups excluding carboxylic acids is 4. The van der Waals surface area contributed by atoms with Crippen molar-refractivity contribution in [1.82, 2.24) is 25.8 Å². The molecule has 1 saturated carbocycles. The van der Waals surface area contributed by atoms with Crippen LogP contribution in [0.15, 0.2) is 72.2 Å². The highest BCUT2D eigenvalue weighted by Gasteiger charge is 2.72. The van der Waals surface area contributed by atoms with Gasteiger partial charge in [0.25, 0.3) is 5.91 Å². The molecule has 2 fully saturated rings. The number of aryl methyl sites for hydroxylation is 1. The molecule has 1 saturated heterocycles. The molecule has 4 N–H and O–H groups in total. The molecule has 1 aliphatic heterocycles. The van der Waals surface area contributed by atoms with Crippen molar-refractivity contribution in [3.63, 3.8) is 0 Å². The van der Waals surface area contributed by atoms with Crippen molar-refractivity contribution in [1.29, 1.82) is 5.26 Å². The minimum Gasteiger partial charge on any atom is -0.489 e. The van der Waals surface area contributed by atoms with Crippen LogP contribution in [0.2, 0.25) is 5.02 Å². The second kappa shape index (κ2) is 21.7. The summed E-state index contributed by atoms with van der Waals surface area (Å²) in [5, 5.41) is 28.1. The molecule has 2 aliphatic rings. The van der Waals surface area contributed by atoms with Crippen LogP contribution in [0.5, 0.6) is 11.5 Å². The van der Waals surface area contributed by atoms with Crippen molar-refractivity contribution in [2.75, 3.05) is 26.4 Å². The number of likely N-dealkylation sites (tertiary alicyclic amines) is 1. The number of aliphatic hydroxyl groups is 1. The monoisotopic (exact) mass is 1080 g/mol. The molecule has 0 bridgehead atoms. The molecule has 14 nitrogen and oxygen atoms in total. The van der Waals surface area contributed by atoms with E-state index in [1.807, 2.05) is 65.0 Å². The molecule has 4 amide bonds. The number of nitrogens with zero attached hydrogens (tertiary/aromatic N) is 3. The summed E-state index contributed by atoms with van der Waals surface area (Å²) in [6.45, 7) is 9.60. The van der Waals surface area contributed by atoms with E-state index in [1.54, 1.807) is 39.3 Å². The van der Waals surface area contributed by atoms with Crippen LogP contribution in [0.25, 0.3) is 10.4 Å². The number of nitriles is 1. The standard InChI is InChI=1S/C52H59ClF6N6O8S/c1-28(30-10-12-31(13-11-30)40-29(2)61-27-74-40)62-43(69)38-20-34(66)23-65(38)44(70)41(47(3,4)5)63-39(67)24-71-25-50(54,55)52(58,59)51(56,57)26-72-35-17-14-32(15-18-35)42(68)64-45-48(6,7)46(49(45,8)9)73-36-19-16-33(22-60)37(53)21-36/h10-19,21,27-28,34,38,41,45-46,66H,20,23-26H2,1-9H3,(H,62,69)(H,63,67)(H,64,68)/t28-,34+,38?,41?,45-,46-/m0/s1. The maximum atomic E-state index is 15.0. The van der Waals surface area contributed by atoms with Gasteiger partial charge in [-0.25, -0.2) is 4.98 Å². The van der Waals surface area contributed by atoms with E-state index in [1.165, 1.54) is 35.6 Å². The highest BCUT2D eigenvalue weighted by Crippen LogP contribution is 2.56. The zero-order chi connectivity index (χ0) is 54.9. The fourth-order valence-corrected chi connectivity index (χ4v) is 10.6. The second-order valence-electron chi connectivity index (χ2n) is 21.0. The van der Waals surface area contributed by atoms with Crippen molar-refractivity contribution in [3.05, 3.63) is 99.6 Å². The number of benzene rings is 3. The molecule has 74 heavy (non-hydrogen) atoms. The number of aromatic nitrogens is 1. The number of rotatable bonds is 19. The summed E-state index contributed by atoms with van der Waals surface area (Å²) in [4.78, 5) is 60.3. The summed E-state index contributed by atoms with van der Waals surface area (Å²) in [7, 11) is 0. The van der Waals surface area contributed by atoms with Crippen LogP contribution in [0, 0.1) is 34.5 Å². The highest BCUT2D eigenvalue weighted by atomic mass is 35.5. The molecule has 0 spiro atoms. The van der Waals surface area contributed by atoms with E-state index in [0.717, 1.165) is 38.7 Å². The van der Waals surface area contributed by atoms with Gasteiger partial charge in [-0.05, 0) is 66.8 Å². The lowest BCUT2D eigenvalue weighted by Crippen LogP contribution is -2.74. The van der Waals surface area contributed by atoms with E-state index in [9.17, 15) is 55.9 Å². The first-order valence-electron chi connectivity index (χ1n) is 23.5. The van der Waals surface area contributed by atoms with E-state index >= 15 is 0 Å². The van der Waals surface area contributed by atoms with Crippen LogP contribution in [0.3, 0.4) is 0 Å². The van der Waals surface area contributed by atoms with E-state index < -0.39 is 120 Å². The number of alkyl halides is 6. The fraction of sp³-hybridized carbons (Fsp3) is 0.500. The zero-order valence-electron chi connectivity index (χ0n) is 42.1. The Morgan fingerprint density at radius 3 is 2.09 bits per heavy atom. The smallest absolute Gasteiger partial charge is 0.377 e. The van der Waals surface area contributed by atoms with Crippen LogP contribution in [0.4, 0.5) is 26.3 Å². The zero-order valence-corrected chi connectivity index (χ0v) is 43.7. The number of β-amino-alcohol motifs (C(OH)–C–C–N with tert-alkyl or cyclic N) is 1. The van der Waals surface area contributed by atoms with Crippen LogP contribution in [-0.4, -0.2) is 113 Å². The van der Waals surface area contributed by atoms with Gasteiger partial charge in [0.2, 0.25) is 17.7 Å². The van der Waals surface area contributed by atoms with Crippen molar-refractivity contribution in [2.45, 2.75) is 123 Å². The van der Waals surface area contributed by atoms with Gasteiger partial charge < -0.3 is 40.2 Å². The molecule has 4 atom stereocenters. The Bertz CT molecular complexity index is 2730. The number of aliphatic hydroxyl groups excluding tert-OH is 1. The van der Waals surface area contributed by atoms with Crippen LogP contribution < -0.4 is 25.4 Å². The molecular formula is C52H59ClF6N6O8S. The number of thiazole rings is 1. The summed E-state index contributed by atoms with van der Waals surface area (Å²) in [5.41, 5.74) is 2.28. The predicted molar refractivity (Wildman–Crippen MR) is 263 cm³/mol. The van der Waals surface area contributed by atoms with Crippen molar-refractivity contribution >= 4 is 46.6 Å². The van der Waals surface area contributed by atoms with Crippen molar-refractivity contribution in [2.24, 2.45) is 16.2 Å². The largest absolute Gasteiger partial charge is 0.489 e. The van der Waals surface area contributed by atoms with Gasteiger partial charge in [0.05, 0.1) is 38.8 Å². The second-order valence-corrected chi connectivity index (χ2v) is 22.2. The highest BCUT2D eigenvalue weighted by molar-refractivity contribution is 7.13. The average molecular weight is 1080 g/mol. The first-order valence-corrected chi connectivity index (χ1v) is 24.8. The number of hydrogen-bond donors (Lipinski definition) is 4. The maximum absolute atomic E-state index is 15.0. The first-order chi connectivity index (χ1) is 34.3. The summed E-state index contributed by atoms with van der Waals surface area (Å²) >= 11 is 7.66. The Morgan fingerprint density at radius 2 is 1.53 bits per heavy atom. The number of halogens is 7. The third-order valence-electron chi connectivity index (χ3n) is 13.5. The molecule has 1 aromatic heterocycles. The lowest BCUT2D eigenvalue weighted by Gasteiger charge is -2.63. The fourth-order valence-electron chi connectivity index (χ4n) is 9.63. The van der Waals surface area contributed by atoms with Gasteiger partial charge in [0.15, 0.2) is 6.61 Å². The lowest BCUT2D eigenvalue weighted by molar-refractivity contribution is -0.324. The number of carbonyl (C=O) groups is 4. The van der Waals surface area contributed by atoms with E-state index in [0.29, 0.717) is 5.75 Å². The van der Waals surface area contributed by atoms with E-state index in [-0.39, 0.29) is 29.1 Å². The van der Waals surface area contributed by atoms with Crippen LogP contribution >= 0.6 is 22.9 Å². The Morgan fingerprint density at radius 1 is 0.919 bits per heavy atom. The van der Waals surface area contributed by atoms with Gasteiger partial charge in [-0.2, -0.15) is 31.6 Å². The molecule has 0 radical (unpaired) electrons. The van der Waals surface area contributed by atoms with Crippen molar-refractivity contribution < 1.29 is 64.8 Å². The normalized spacial score (nSPS) is 20.4. The molecule has 22 heteroatoms. The Hall–Kier alpha value is -5.95. The Kier molecular flexibility index (Phi) is 16.8.